The second kappa shape index (κ2) is 5.13. The van der Waals surface area contributed by atoms with E-state index in [1.807, 2.05) is 0 Å². The highest BCUT2D eigenvalue weighted by atomic mass is 16.4. The maximum atomic E-state index is 11.9. The molecule has 3 atom stereocenters. The number of aliphatic hydroxyl groups excluding tert-OH is 1. The van der Waals surface area contributed by atoms with E-state index in [0.717, 1.165) is 4.90 Å². The predicted octanol–water partition coefficient (Wildman–Crippen LogP) is -1.44. The number of carboxylic acid groups (broad SMARTS) is 1. The molecular weight excluding hydrogens is 228 g/mol. The number of aliphatic hydroxyl groups is 1. The van der Waals surface area contributed by atoms with Crippen molar-refractivity contribution in [2.24, 2.45) is 0 Å². The summed E-state index contributed by atoms with van der Waals surface area (Å²) in [7, 11) is 0. The number of amides is 2. The van der Waals surface area contributed by atoms with Gasteiger partial charge in [0, 0.05) is 19.9 Å². The quantitative estimate of drug-likeness (QED) is 0.563. The monoisotopic (exact) mass is 244 g/mol. The third-order valence-corrected chi connectivity index (χ3v) is 2.64. The second-order valence-electron chi connectivity index (χ2n) is 4.16. The molecular formula is C10H16N2O5. The van der Waals surface area contributed by atoms with Gasteiger partial charge in [0.1, 0.15) is 12.1 Å². The fraction of sp³-hybridized carbons (Fsp3) is 0.700. The molecule has 0 aromatic carbocycles. The van der Waals surface area contributed by atoms with Crippen LogP contribution in [0.1, 0.15) is 20.3 Å². The zero-order chi connectivity index (χ0) is 13.2. The van der Waals surface area contributed by atoms with Crippen molar-refractivity contribution in [3.05, 3.63) is 0 Å². The Morgan fingerprint density at radius 2 is 2.00 bits per heavy atom. The molecule has 3 N–H and O–H groups in total. The molecule has 0 bridgehead atoms. The van der Waals surface area contributed by atoms with Crippen molar-refractivity contribution in [1.29, 1.82) is 0 Å². The first-order valence-electron chi connectivity index (χ1n) is 5.31. The molecule has 1 saturated heterocycles. The van der Waals surface area contributed by atoms with Gasteiger partial charge in [-0.3, -0.25) is 9.59 Å². The highest BCUT2D eigenvalue weighted by molar-refractivity contribution is 5.90. The van der Waals surface area contributed by atoms with Gasteiger partial charge in [-0.1, -0.05) is 0 Å². The van der Waals surface area contributed by atoms with Gasteiger partial charge in [-0.25, -0.2) is 4.79 Å². The van der Waals surface area contributed by atoms with Crippen molar-refractivity contribution in [1.82, 2.24) is 10.2 Å². The molecule has 0 spiro atoms. The third-order valence-electron chi connectivity index (χ3n) is 2.64. The number of rotatable bonds is 3. The van der Waals surface area contributed by atoms with E-state index in [0.29, 0.717) is 0 Å². The van der Waals surface area contributed by atoms with Crippen LogP contribution in [0.2, 0.25) is 0 Å². The first kappa shape index (κ1) is 13.4. The number of aliphatic carboxylic acids is 1. The van der Waals surface area contributed by atoms with E-state index in [1.54, 1.807) is 0 Å². The van der Waals surface area contributed by atoms with Crippen molar-refractivity contribution in [3.63, 3.8) is 0 Å². The number of carbonyl (C=O) groups excluding carboxylic acids is 2. The molecule has 1 heterocycles. The van der Waals surface area contributed by atoms with Crippen LogP contribution >= 0.6 is 0 Å². The molecule has 0 aromatic heterocycles. The van der Waals surface area contributed by atoms with Crippen molar-refractivity contribution in [2.75, 3.05) is 6.54 Å². The summed E-state index contributed by atoms with van der Waals surface area (Å²) in [6.45, 7) is 2.74. The van der Waals surface area contributed by atoms with Crippen LogP contribution in [0.5, 0.6) is 0 Å². The lowest BCUT2D eigenvalue weighted by atomic mass is 10.2. The van der Waals surface area contributed by atoms with Crippen LogP contribution in [0, 0.1) is 0 Å². The lowest BCUT2D eigenvalue weighted by Crippen LogP contribution is -2.50. The van der Waals surface area contributed by atoms with Crippen molar-refractivity contribution in [3.8, 4) is 0 Å². The Morgan fingerprint density at radius 3 is 2.47 bits per heavy atom. The van der Waals surface area contributed by atoms with Gasteiger partial charge in [0.05, 0.1) is 6.10 Å². The molecule has 3 unspecified atom stereocenters. The normalized spacial score (nSPS) is 25.5. The van der Waals surface area contributed by atoms with Crippen LogP contribution in [0.3, 0.4) is 0 Å². The number of nitrogens with one attached hydrogen (secondary N) is 1. The fourth-order valence-electron chi connectivity index (χ4n) is 1.91. The van der Waals surface area contributed by atoms with E-state index in [-0.39, 0.29) is 18.9 Å². The summed E-state index contributed by atoms with van der Waals surface area (Å²) >= 11 is 0. The Labute approximate surface area is 98.4 Å². The zero-order valence-corrected chi connectivity index (χ0v) is 9.71. The van der Waals surface area contributed by atoms with E-state index in [2.05, 4.69) is 5.32 Å². The molecule has 7 nitrogen and oxygen atoms in total. The minimum Gasteiger partial charge on any atom is -0.480 e. The smallest absolute Gasteiger partial charge is 0.326 e. The number of carbonyl (C=O) groups is 3. The van der Waals surface area contributed by atoms with E-state index in [1.165, 1.54) is 13.8 Å². The van der Waals surface area contributed by atoms with Gasteiger partial charge in [0.15, 0.2) is 0 Å². The molecule has 1 aliphatic heterocycles. The predicted molar refractivity (Wildman–Crippen MR) is 57.0 cm³/mol. The summed E-state index contributed by atoms with van der Waals surface area (Å²) < 4.78 is 0. The SMILES string of the molecule is CC(=O)NC(C)C(=O)N1CC(O)CC1C(=O)O. The van der Waals surface area contributed by atoms with Crippen molar-refractivity contribution >= 4 is 17.8 Å². The summed E-state index contributed by atoms with van der Waals surface area (Å²) in [5.41, 5.74) is 0. The number of hydrogen-bond donors (Lipinski definition) is 3. The lowest BCUT2D eigenvalue weighted by Gasteiger charge is -2.24. The second-order valence-corrected chi connectivity index (χ2v) is 4.16. The van der Waals surface area contributed by atoms with E-state index in [9.17, 15) is 19.5 Å². The fourth-order valence-corrected chi connectivity index (χ4v) is 1.91. The van der Waals surface area contributed by atoms with Crippen LogP contribution in [-0.4, -0.2) is 57.6 Å². The maximum Gasteiger partial charge on any atom is 0.326 e. The third kappa shape index (κ3) is 3.16. The summed E-state index contributed by atoms with van der Waals surface area (Å²) in [5, 5.41) is 20.7. The molecule has 0 aliphatic carbocycles. The molecule has 17 heavy (non-hydrogen) atoms. The molecule has 0 aromatic rings. The zero-order valence-electron chi connectivity index (χ0n) is 9.71. The van der Waals surface area contributed by atoms with Crippen molar-refractivity contribution < 1.29 is 24.6 Å². The van der Waals surface area contributed by atoms with Gasteiger partial charge >= 0.3 is 5.97 Å². The first-order valence-corrected chi connectivity index (χ1v) is 5.31. The molecule has 1 fully saturated rings. The van der Waals surface area contributed by atoms with Crippen LogP contribution in [-0.2, 0) is 14.4 Å². The Kier molecular flexibility index (Phi) is 4.06. The van der Waals surface area contributed by atoms with Crippen LogP contribution in [0.25, 0.3) is 0 Å². The number of hydrogen-bond acceptors (Lipinski definition) is 4. The summed E-state index contributed by atoms with van der Waals surface area (Å²) in [6.07, 6.45) is -0.807. The highest BCUT2D eigenvalue weighted by Crippen LogP contribution is 2.19. The number of carboxylic acids is 1. The van der Waals surface area contributed by atoms with E-state index < -0.39 is 30.1 Å². The van der Waals surface area contributed by atoms with Gasteiger partial charge in [0.2, 0.25) is 11.8 Å². The van der Waals surface area contributed by atoms with Gasteiger partial charge in [-0.2, -0.15) is 0 Å². The number of β-amino-alcohol motifs (C(OH)–C–C–N with tert-alkyl or cyclic N) is 1. The molecule has 1 rings (SSSR count). The Morgan fingerprint density at radius 1 is 1.41 bits per heavy atom. The standard InChI is InChI=1S/C10H16N2O5/c1-5(11-6(2)13)9(15)12-4-7(14)3-8(12)10(16)17/h5,7-8,14H,3-4H2,1-2H3,(H,11,13)(H,16,17). The number of nitrogens with zero attached hydrogens (tertiary/aromatic N) is 1. The van der Waals surface area contributed by atoms with Crippen LogP contribution in [0.15, 0.2) is 0 Å². The molecule has 96 valence electrons. The van der Waals surface area contributed by atoms with Gasteiger partial charge in [-0.15, -0.1) is 0 Å². The Balaban J connectivity index is 2.73. The molecule has 0 radical (unpaired) electrons. The molecule has 2 amide bonds. The van der Waals surface area contributed by atoms with E-state index in [4.69, 9.17) is 5.11 Å². The Bertz CT molecular complexity index is 344. The first-order chi connectivity index (χ1) is 7.82. The largest absolute Gasteiger partial charge is 0.480 e. The summed E-state index contributed by atoms with van der Waals surface area (Å²) in [5.74, 6) is -2.01. The van der Waals surface area contributed by atoms with Gasteiger partial charge in [0.25, 0.3) is 0 Å². The topological polar surface area (TPSA) is 107 Å². The van der Waals surface area contributed by atoms with Gasteiger partial charge in [-0.05, 0) is 6.92 Å². The average Bonchev–Trinajstić information content (AvgIpc) is 2.58. The van der Waals surface area contributed by atoms with Gasteiger partial charge < -0.3 is 20.4 Å². The molecule has 7 heteroatoms. The Hall–Kier alpha value is -1.63. The van der Waals surface area contributed by atoms with Crippen LogP contribution < -0.4 is 5.32 Å². The number of likely N-dealkylation sites (tertiary alicyclic amines) is 1. The summed E-state index contributed by atoms with van der Waals surface area (Å²) in [4.78, 5) is 34.7. The highest BCUT2D eigenvalue weighted by Gasteiger charge is 2.40. The van der Waals surface area contributed by atoms with Crippen LogP contribution in [0.4, 0.5) is 0 Å². The maximum absolute atomic E-state index is 11.9. The molecule has 1 aliphatic rings. The lowest BCUT2D eigenvalue weighted by molar-refractivity contribution is -0.149. The summed E-state index contributed by atoms with van der Waals surface area (Å²) in [6, 6.07) is -1.81. The average molecular weight is 244 g/mol. The molecule has 0 saturated carbocycles. The minimum atomic E-state index is -1.15. The minimum absolute atomic E-state index is 0.0142. The van der Waals surface area contributed by atoms with Crippen molar-refractivity contribution in [2.45, 2.75) is 38.5 Å². The van der Waals surface area contributed by atoms with E-state index >= 15 is 0 Å².